The number of fused-ring (bicyclic) bond motifs is 7. The molecule has 2 aliphatic heterocycles. The maximum atomic E-state index is 10.3. The van der Waals surface area contributed by atoms with E-state index in [4.69, 9.17) is 4.74 Å². The lowest BCUT2D eigenvalue weighted by Crippen LogP contribution is -2.57. The number of aliphatic hydroxyl groups excluding tert-OH is 1. The van der Waals surface area contributed by atoms with E-state index in [1.807, 2.05) is 0 Å². The number of rotatable bonds is 0. The van der Waals surface area contributed by atoms with Crippen LogP contribution in [0.1, 0.15) is 85.5 Å². The molecule has 0 aromatic rings. The highest BCUT2D eigenvalue weighted by Gasteiger charge is 2.69. The average molecular weight is 414 g/mol. The van der Waals surface area contributed by atoms with Gasteiger partial charge in [0.15, 0.2) is 0 Å². The minimum atomic E-state index is -0.0990. The van der Waals surface area contributed by atoms with E-state index in [0.717, 1.165) is 49.0 Å². The molecular formula is C27H43NO2. The Kier molecular flexibility index (Phi) is 4.44. The van der Waals surface area contributed by atoms with Gasteiger partial charge in [-0.3, -0.25) is 5.32 Å². The molecule has 6 aliphatic rings. The summed E-state index contributed by atoms with van der Waals surface area (Å²) in [5.74, 6) is 4.70. The first-order valence-electron chi connectivity index (χ1n) is 13.1. The van der Waals surface area contributed by atoms with Crippen molar-refractivity contribution < 1.29 is 9.84 Å². The van der Waals surface area contributed by atoms with Gasteiger partial charge in [-0.2, -0.15) is 0 Å². The van der Waals surface area contributed by atoms with Crippen LogP contribution in [0.3, 0.4) is 0 Å². The Labute approximate surface area is 183 Å². The number of hydrogen-bond acceptors (Lipinski definition) is 3. The molecular weight excluding hydrogens is 370 g/mol. The standard InChI is InChI=1S/C27H43NO2/c1-16-9-12-27(28-15-16)17(2)26(4)23-8-7-22-20(21(23)14-24(26)30-27)6-5-18-13-19(29)10-11-25(18,22)3/h5,16-17,19-24,28-29H,6-15H2,1-4H3/t16-,17+,19-,20+,21-,22-,23+,24-,25+,26+,27+/m1/s1. The van der Waals surface area contributed by atoms with Crippen molar-refractivity contribution in [3.63, 3.8) is 0 Å². The molecule has 11 atom stereocenters. The Hall–Kier alpha value is -0.380. The fourth-order valence-corrected chi connectivity index (χ4v) is 9.70. The fraction of sp³-hybridized carbons (Fsp3) is 0.926. The van der Waals surface area contributed by atoms with Crippen LogP contribution in [0.4, 0.5) is 0 Å². The maximum absolute atomic E-state index is 10.3. The van der Waals surface area contributed by atoms with E-state index in [1.165, 1.54) is 44.9 Å². The first kappa shape index (κ1) is 20.2. The number of ether oxygens (including phenoxy) is 1. The molecule has 0 radical (unpaired) electrons. The zero-order valence-electron chi connectivity index (χ0n) is 19.6. The third-order valence-electron chi connectivity index (χ3n) is 11.7. The van der Waals surface area contributed by atoms with Crippen LogP contribution < -0.4 is 5.32 Å². The van der Waals surface area contributed by atoms with Gasteiger partial charge in [-0.1, -0.05) is 39.3 Å². The van der Waals surface area contributed by atoms with E-state index in [1.54, 1.807) is 5.57 Å². The van der Waals surface area contributed by atoms with E-state index >= 15 is 0 Å². The molecule has 0 aromatic heterocycles. The van der Waals surface area contributed by atoms with Crippen LogP contribution >= 0.6 is 0 Å². The molecule has 3 heteroatoms. The van der Waals surface area contributed by atoms with E-state index in [0.29, 0.717) is 22.9 Å². The summed E-state index contributed by atoms with van der Waals surface area (Å²) in [4.78, 5) is 0. The van der Waals surface area contributed by atoms with Gasteiger partial charge in [0.25, 0.3) is 0 Å². The molecule has 2 saturated heterocycles. The summed E-state index contributed by atoms with van der Waals surface area (Å²) in [6.45, 7) is 11.1. The molecule has 2 heterocycles. The molecule has 0 bridgehead atoms. The van der Waals surface area contributed by atoms with Gasteiger partial charge >= 0.3 is 0 Å². The Morgan fingerprint density at radius 3 is 2.60 bits per heavy atom. The van der Waals surface area contributed by atoms with Crippen molar-refractivity contribution >= 4 is 0 Å². The molecule has 3 saturated carbocycles. The maximum Gasteiger partial charge on any atom is 0.122 e. The highest BCUT2D eigenvalue weighted by Crippen LogP contribution is 2.69. The summed E-state index contributed by atoms with van der Waals surface area (Å²) < 4.78 is 7.04. The van der Waals surface area contributed by atoms with E-state index in [-0.39, 0.29) is 11.8 Å². The van der Waals surface area contributed by atoms with E-state index in [2.05, 4.69) is 39.1 Å². The van der Waals surface area contributed by atoms with Crippen molar-refractivity contribution in [1.29, 1.82) is 0 Å². The highest BCUT2D eigenvalue weighted by molar-refractivity contribution is 5.26. The summed E-state index contributed by atoms with van der Waals surface area (Å²) in [7, 11) is 0. The topological polar surface area (TPSA) is 41.5 Å². The first-order chi connectivity index (χ1) is 14.3. The molecule has 2 N–H and O–H groups in total. The Morgan fingerprint density at radius 2 is 1.83 bits per heavy atom. The molecule has 1 spiro atoms. The predicted octanol–water partition coefficient (Wildman–Crippen LogP) is 5.29. The van der Waals surface area contributed by atoms with Gasteiger partial charge in [0.05, 0.1) is 12.2 Å². The molecule has 5 fully saturated rings. The molecule has 0 unspecified atom stereocenters. The van der Waals surface area contributed by atoms with Crippen LogP contribution in [0.5, 0.6) is 0 Å². The minimum Gasteiger partial charge on any atom is -0.393 e. The van der Waals surface area contributed by atoms with E-state index < -0.39 is 0 Å². The molecule has 0 aromatic carbocycles. The number of piperidine rings is 1. The normalized spacial score (nSPS) is 59.8. The van der Waals surface area contributed by atoms with Crippen molar-refractivity contribution in [1.82, 2.24) is 5.32 Å². The third kappa shape index (κ3) is 2.49. The molecule has 4 aliphatic carbocycles. The van der Waals surface area contributed by atoms with Gasteiger partial charge in [0.1, 0.15) is 5.72 Å². The summed E-state index contributed by atoms with van der Waals surface area (Å²) >= 11 is 0. The van der Waals surface area contributed by atoms with Crippen LogP contribution in [0.15, 0.2) is 11.6 Å². The molecule has 3 nitrogen and oxygen atoms in total. The van der Waals surface area contributed by atoms with Gasteiger partial charge in [-0.05, 0) is 92.8 Å². The molecule has 168 valence electrons. The van der Waals surface area contributed by atoms with Crippen molar-refractivity contribution in [3.8, 4) is 0 Å². The number of hydrogen-bond donors (Lipinski definition) is 2. The minimum absolute atomic E-state index is 0.0567. The highest BCUT2D eigenvalue weighted by atomic mass is 16.5. The van der Waals surface area contributed by atoms with Crippen LogP contribution in [0.25, 0.3) is 0 Å². The van der Waals surface area contributed by atoms with Gasteiger partial charge in [0.2, 0.25) is 0 Å². The molecule has 6 rings (SSSR count). The van der Waals surface area contributed by atoms with Gasteiger partial charge < -0.3 is 9.84 Å². The Balaban J connectivity index is 1.28. The Bertz CT molecular complexity index is 739. The smallest absolute Gasteiger partial charge is 0.122 e. The average Bonchev–Trinajstić information content (AvgIpc) is 3.12. The van der Waals surface area contributed by atoms with Crippen molar-refractivity contribution in [2.45, 2.75) is 103 Å². The number of nitrogens with one attached hydrogen (secondary N) is 1. The molecule has 0 amide bonds. The summed E-state index contributed by atoms with van der Waals surface area (Å²) in [5.41, 5.74) is 2.21. The molecule has 30 heavy (non-hydrogen) atoms. The predicted molar refractivity (Wildman–Crippen MR) is 120 cm³/mol. The van der Waals surface area contributed by atoms with Gasteiger partial charge in [-0.15, -0.1) is 0 Å². The van der Waals surface area contributed by atoms with Crippen molar-refractivity contribution in [3.05, 3.63) is 11.6 Å². The lowest BCUT2D eigenvalue weighted by molar-refractivity contribution is -0.110. The van der Waals surface area contributed by atoms with Crippen molar-refractivity contribution in [2.75, 3.05) is 6.54 Å². The summed E-state index contributed by atoms with van der Waals surface area (Å²) in [5, 5.41) is 14.1. The fourth-order valence-electron chi connectivity index (χ4n) is 9.70. The first-order valence-corrected chi connectivity index (χ1v) is 13.1. The van der Waals surface area contributed by atoms with Crippen LogP contribution in [0.2, 0.25) is 0 Å². The SMILES string of the molecule is C[C@@H]1CC[C@]2(NC1)O[C@@H]1C[C@@H]3[C@@H]4CC=C5C[C@H](O)CC[C@]5(C)[C@@H]4CC[C@@H]3[C@]1(C)[C@@H]2C. The van der Waals surface area contributed by atoms with Crippen LogP contribution in [-0.2, 0) is 4.74 Å². The van der Waals surface area contributed by atoms with E-state index in [9.17, 15) is 5.11 Å². The van der Waals surface area contributed by atoms with Gasteiger partial charge in [0, 0.05) is 17.9 Å². The lowest BCUT2D eigenvalue weighted by Gasteiger charge is -2.56. The van der Waals surface area contributed by atoms with Crippen molar-refractivity contribution in [2.24, 2.45) is 46.3 Å². The largest absolute Gasteiger partial charge is 0.393 e. The number of aliphatic hydroxyl groups is 1. The summed E-state index contributed by atoms with van der Waals surface area (Å²) in [6, 6.07) is 0. The lowest BCUT2D eigenvalue weighted by atomic mass is 9.49. The third-order valence-corrected chi connectivity index (χ3v) is 11.7. The quantitative estimate of drug-likeness (QED) is 0.530. The zero-order valence-corrected chi connectivity index (χ0v) is 19.6. The Morgan fingerprint density at radius 1 is 1.03 bits per heavy atom. The van der Waals surface area contributed by atoms with Gasteiger partial charge in [-0.25, -0.2) is 0 Å². The summed E-state index contributed by atoms with van der Waals surface area (Å²) in [6.07, 6.45) is 13.8. The second-order valence-corrected chi connectivity index (χ2v) is 12.7. The monoisotopic (exact) mass is 413 g/mol. The second kappa shape index (κ2) is 6.58. The van der Waals surface area contributed by atoms with Crippen LogP contribution in [-0.4, -0.2) is 29.6 Å². The van der Waals surface area contributed by atoms with Crippen LogP contribution in [0, 0.1) is 46.3 Å². The zero-order chi connectivity index (χ0) is 20.9. The number of allylic oxidation sites excluding steroid dienone is 1. The second-order valence-electron chi connectivity index (χ2n) is 12.7.